The fourth-order valence-corrected chi connectivity index (χ4v) is 0.884. The second kappa shape index (κ2) is 4.28. The van der Waals surface area contributed by atoms with E-state index in [4.69, 9.17) is 0 Å². The van der Waals surface area contributed by atoms with E-state index in [1.54, 1.807) is 13.8 Å². The first-order chi connectivity index (χ1) is 5.33. The third kappa shape index (κ3) is 5.95. The summed E-state index contributed by atoms with van der Waals surface area (Å²) in [5, 5.41) is 9.32. The quantitative estimate of drug-likeness (QED) is 0.476. The zero-order valence-corrected chi connectivity index (χ0v) is 8.16. The monoisotopic (exact) mass is 175 g/mol. The first kappa shape index (κ1) is 11.2. The first-order valence-corrected chi connectivity index (χ1v) is 4.17. The second-order valence-electron chi connectivity index (χ2n) is 4.01. The molecule has 0 aliphatic heterocycles. The molecule has 0 aliphatic rings. The van der Waals surface area contributed by atoms with E-state index in [1.807, 2.05) is 0 Å². The Kier molecular flexibility index (Phi) is 4.00. The van der Waals surface area contributed by atoms with E-state index in [0.717, 1.165) is 6.42 Å². The van der Waals surface area contributed by atoms with Crippen LogP contribution in [0.5, 0.6) is 0 Å². The van der Waals surface area contributed by atoms with Crippen molar-refractivity contribution in [1.82, 2.24) is 0 Å². The zero-order chi connectivity index (χ0) is 9.78. The Hall–Kier alpha value is -0.800. The first-order valence-electron chi connectivity index (χ1n) is 4.17. The Morgan fingerprint density at radius 3 is 2.33 bits per heavy atom. The van der Waals surface area contributed by atoms with Crippen molar-refractivity contribution in [2.24, 2.45) is 5.92 Å². The van der Waals surface area contributed by atoms with E-state index in [2.05, 4.69) is 18.7 Å². The lowest BCUT2D eigenvalue weighted by Gasteiger charge is -2.22. The van der Waals surface area contributed by atoms with Gasteiger partial charge in [0.25, 0.3) is 5.09 Å². The fraction of sp³-hybridized carbons (Fsp3) is 1.00. The topological polar surface area (TPSA) is 52.4 Å². The van der Waals surface area contributed by atoms with E-state index < -0.39 is 10.7 Å². The van der Waals surface area contributed by atoms with Gasteiger partial charge in [0.05, 0.1) is 0 Å². The van der Waals surface area contributed by atoms with Crippen molar-refractivity contribution in [3.63, 3.8) is 0 Å². The lowest BCUT2D eigenvalue weighted by molar-refractivity contribution is -0.779. The maximum atomic E-state index is 10.0. The summed E-state index contributed by atoms with van der Waals surface area (Å²) in [6.07, 6.45) is 1.66. The highest BCUT2D eigenvalue weighted by Gasteiger charge is 2.22. The molecule has 4 nitrogen and oxygen atoms in total. The Balaban J connectivity index is 3.78. The third-order valence-electron chi connectivity index (χ3n) is 1.65. The molecule has 0 rings (SSSR count). The highest BCUT2D eigenvalue weighted by Crippen LogP contribution is 2.19. The van der Waals surface area contributed by atoms with Crippen LogP contribution in [0.1, 0.15) is 40.5 Å². The summed E-state index contributed by atoms with van der Waals surface area (Å²) in [5.74, 6) is 0.555. The van der Waals surface area contributed by atoms with Crippen LogP contribution in [-0.4, -0.2) is 10.7 Å². The van der Waals surface area contributed by atoms with Crippen molar-refractivity contribution < 1.29 is 9.92 Å². The van der Waals surface area contributed by atoms with E-state index in [1.165, 1.54) is 0 Å². The summed E-state index contributed by atoms with van der Waals surface area (Å²) >= 11 is 0. The van der Waals surface area contributed by atoms with Gasteiger partial charge in [0.1, 0.15) is 5.60 Å². The SMILES string of the molecule is CC(C)CCC(C)(C)O[N+](=O)[O-]. The van der Waals surface area contributed by atoms with E-state index >= 15 is 0 Å². The van der Waals surface area contributed by atoms with Gasteiger partial charge in [-0.2, -0.15) is 0 Å². The molecule has 0 bridgehead atoms. The van der Waals surface area contributed by atoms with Gasteiger partial charge in [0, 0.05) is 0 Å². The highest BCUT2D eigenvalue weighted by molar-refractivity contribution is 4.66. The van der Waals surface area contributed by atoms with E-state index in [-0.39, 0.29) is 0 Å². The molecule has 0 spiro atoms. The Bertz CT molecular complexity index is 154. The zero-order valence-electron chi connectivity index (χ0n) is 8.16. The van der Waals surface area contributed by atoms with Gasteiger partial charge in [-0.3, -0.25) is 0 Å². The molecule has 0 fully saturated rings. The molecule has 0 N–H and O–H groups in total. The molecule has 0 saturated heterocycles. The van der Waals surface area contributed by atoms with Crippen molar-refractivity contribution in [2.75, 3.05) is 0 Å². The number of nitrogens with zero attached hydrogens (tertiary/aromatic N) is 1. The van der Waals surface area contributed by atoms with Gasteiger partial charge >= 0.3 is 0 Å². The molecular formula is C8H17NO3. The molecule has 0 aromatic carbocycles. The van der Waals surface area contributed by atoms with Gasteiger partial charge in [-0.25, -0.2) is 0 Å². The van der Waals surface area contributed by atoms with Crippen LogP contribution in [0.2, 0.25) is 0 Å². The van der Waals surface area contributed by atoms with Crippen LogP contribution in [-0.2, 0) is 4.84 Å². The number of hydrogen-bond donors (Lipinski definition) is 0. The lowest BCUT2D eigenvalue weighted by Crippen LogP contribution is -2.27. The van der Waals surface area contributed by atoms with Gasteiger partial charge < -0.3 is 4.84 Å². The van der Waals surface area contributed by atoms with Crippen LogP contribution in [0.25, 0.3) is 0 Å². The van der Waals surface area contributed by atoms with Crippen LogP contribution in [0.4, 0.5) is 0 Å². The van der Waals surface area contributed by atoms with Gasteiger partial charge in [-0.05, 0) is 32.6 Å². The number of hydrogen-bond acceptors (Lipinski definition) is 3. The average Bonchev–Trinajstić information content (AvgIpc) is 1.81. The lowest BCUT2D eigenvalue weighted by atomic mass is 9.97. The molecule has 0 aromatic heterocycles. The van der Waals surface area contributed by atoms with Crippen LogP contribution in [0, 0.1) is 16.0 Å². The van der Waals surface area contributed by atoms with Crippen LogP contribution in [0.15, 0.2) is 0 Å². The standard InChI is InChI=1S/C8H17NO3/c1-7(2)5-6-8(3,4)12-9(10)11/h7H,5-6H2,1-4H3. The minimum absolute atomic E-state index is 0.555. The molecule has 4 heteroatoms. The van der Waals surface area contributed by atoms with Crippen LogP contribution >= 0.6 is 0 Å². The maximum Gasteiger partial charge on any atom is 0.295 e. The molecule has 0 radical (unpaired) electrons. The van der Waals surface area contributed by atoms with Gasteiger partial charge in [-0.15, -0.1) is 10.1 Å². The maximum absolute atomic E-state index is 10.0. The Morgan fingerprint density at radius 1 is 1.50 bits per heavy atom. The predicted molar refractivity (Wildman–Crippen MR) is 46.2 cm³/mol. The molecule has 0 aliphatic carbocycles. The average molecular weight is 175 g/mol. The summed E-state index contributed by atoms with van der Waals surface area (Å²) in [4.78, 5) is 14.6. The molecule has 12 heavy (non-hydrogen) atoms. The molecular weight excluding hydrogens is 158 g/mol. The molecule has 0 atom stereocenters. The van der Waals surface area contributed by atoms with Gasteiger partial charge in [0.2, 0.25) is 0 Å². The third-order valence-corrected chi connectivity index (χ3v) is 1.65. The smallest absolute Gasteiger partial charge is 0.295 e. The van der Waals surface area contributed by atoms with E-state index in [9.17, 15) is 10.1 Å². The highest BCUT2D eigenvalue weighted by atomic mass is 17.0. The fourth-order valence-electron chi connectivity index (χ4n) is 0.884. The minimum Gasteiger partial charge on any atom is -0.308 e. The molecule has 0 aromatic rings. The van der Waals surface area contributed by atoms with Gasteiger partial charge in [0.15, 0.2) is 0 Å². The Labute approximate surface area is 73.0 Å². The van der Waals surface area contributed by atoms with Crippen molar-refractivity contribution in [1.29, 1.82) is 0 Å². The predicted octanol–water partition coefficient (Wildman–Crippen LogP) is 2.41. The molecule has 0 unspecified atom stereocenters. The summed E-state index contributed by atoms with van der Waals surface area (Å²) in [6.45, 7) is 7.64. The van der Waals surface area contributed by atoms with Crippen molar-refractivity contribution in [3.05, 3.63) is 10.1 Å². The van der Waals surface area contributed by atoms with Crippen LogP contribution < -0.4 is 0 Å². The summed E-state index contributed by atoms with van der Waals surface area (Å²) in [5.41, 5.74) is -0.645. The summed E-state index contributed by atoms with van der Waals surface area (Å²) in [7, 11) is 0. The molecule has 72 valence electrons. The summed E-state index contributed by atoms with van der Waals surface area (Å²) in [6, 6.07) is 0. The van der Waals surface area contributed by atoms with Crippen molar-refractivity contribution in [3.8, 4) is 0 Å². The second-order valence-corrected chi connectivity index (χ2v) is 4.01. The van der Waals surface area contributed by atoms with Gasteiger partial charge in [-0.1, -0.05) is 13.8 Å². The molecule has 0 heterocycles. The number of rotatable bonds is 5. The summed E-state index contributed by atoms with van der Waals surface area (Å²) < 4.78 is 0. The minimum atomic E-state index is -0.722. The van der Waals surface area contributed by atoms with Crippen LogP contribution in [0.3, 0.4) is 0 Å². The molecule has 0 amide bonds. The molecule has 0 saturated carbocycles. The largest absolute Gasteiger partial charge is 0.308 e. The Morgan fingerprint density at radius 2 is 2.00 bits per heavy atom. The van der Waals surface area contributed by atoms with Crippen molar-refractivity contribution >= 4 is 0 Å². The van der Waals surface area contributed by atoms with E-state index in [0.29, 0.717) is 12.3 Å². The normalized spacial score (nSPS) is 11.8. The van der Waals surface area contributed by atoms with Crippen molar-refractivity contribution in [2.45, 2.75) is 46.1 Å².